The Labute approximate surface area is 175 Å². The van der Waals surface area contributed by atoms with Gasteiger partial charge in [0.25, 0.3) is 0 Å². The highest BCUT2D eigenvalue weighted by Crippen LogP contribution is 2.28. The molecule has 0 aliphatic rings. The molecule has 0 radical (unpaired) electrons. The second-order valence-electron chi connectivity index (χ2n) is 6.41. The van der Waals surface area contributed by atoms with Crippen molar-refractivity contribution in [2.24, 2.45) is 0 Å². The van der Waals surface area contributed by atoms with E-state index in [1.165, 1.54) is 5.56 Å². The molecule has 1 aromatic carbocycles. The summed E-state index contributed by atoms with van der Waals surface area (Å²) in [7, 11) is 0. The molecule has 0 saturated carbocycles. The van der Waals surface area contributed by atoms with E-state index in [0.29, 0.717) is 13.0 Å². The molecule has 4 nitrogen and oxygen atoms in total. The topological polar surface area (TPSA) is 54.9 Å². The van der Waals surface area contributed by atoms with Crippen LogP contribution in [0.4, 0.5) is 0 Å². The van der Waals surface area contributed by atoms with E-state index in [1.54, 1.807) is 34.0 Å². The van der Waals surface area contributed by atoms with Crippen molar-refractivity contribution in [2.75, 3.05) is 6.54 Å². The molecule has 3 heterocycles. The molecule has 0 bridgehead atoms. The lowest BCUT2D eigenvalue weighted by Crippen LogP contribution is -2.27. The number of rotatable bonds is 7. The van der Waals surface area contributed by atoms with Crippen molar-refractivity contribution in [2.45, 2.75) is 19.8 Å². The fourth-order valence-electron chi connectivity index (χ4n) is 2.71. The van der Waals surface area contributed by atoms with Crippen LogP contribution in [0, 0.1) is 6.92 Å². The third kappa shape index (κ3) is 4.73. The van der Waals surface area contributed by atoms with Crippen LogP contribution in [0.2, 0.25) is 0 Å². The molecule has 0 unspecified atom stereocenters. The van der Waals surface area contributed by atoms with Gasteiger partial charge in [-0.05, 0) is 18.4 Å². The molecule has 3 aromatic heterocycles. The minimum absolute atomic E-state index is 0.00276. The van der Waals surface area contributed by atoms with Crippen molar-refractivity contribution < 1.29 is 4.79 Å². The number of hydrogen-bond acceptors (Lipinski definition) is 6. The second-order valence-corrected chi connectivity index (χ2v) is 9.07. The van der Waals surface area contributed by atoms with Crippen molar-refractivity contribution in [1.82, 2.24) is 15.3 Å². The van der Waals surface area contributed by atoms with Crippen LogP contribution in [0.3, 0.4) is 0 Å². The highest BCUT2D eigenvalue weighted by Gasteiger charge is 2.10. The van der Waals surface area contributed by atoms with Gasteiger partial charge in [-0.3, -0.25) is 4.79 Å². The number of aromatic nitrogens is 2. The highest BCUT2D eigenvalue weighted by molar-refractivity contribution is 7.20. The van der Waals surface area contributed by atoms with Gasteiger partial charge in [-0.1, -0.05) is 35.9 Å². The first-order valence-corrected chi connectivity index (χ1v) is 11.6. The van der Waals surface area contributed by atoms with Crippen LogP contribution in [0.5, 0.6) is 0 Å². The maximum atomic E-state index is 12.2. The number of carbonyl (C=O) groups is 1. The van der Waals surface area contributed by atoms with Crippen molar-refractivity contribution >= 4 is 39.9 Å². The molecule has 7 heteroatoms. The SMILES string of the molecule is Cc1ccc(-c2nc(CCNC(=O)Cc3csc(-c4cccs4)n3)cs2)cc1. The Morgan fingerprint density at radius 2 is 1.71 bits per heavy atom. The third-order valence-electron chi connectivity index (χ3n) is 4.18. The van der Waals surface area contributed by atoms with Crippen LogP contribution in [-0.2, 0) is 17.6 Å². The number of thiazole rings is 2. The van der Waals surface area contributed by atoms with Crippen LogP contribution >= 0.6 is 34.0 Å². The van der Waals surface area contributed by atoms with Gasteiger partial charge in [-0.25, -0.2) is 9.97 Å². The molecule has 4 aromatic rings. The van der Waals surface area contributed by atoms with E-state index in [9.17, 15) is 4.79 Å². The van der Waals surface area contributed by atoms with E-state index in [1.807, 2.05) is 22.9 Å². The molecular weight excluding hydrogens is 406 g/mol. The first-order valence-electron chi connectivity index (χ1n) is 8.94. The largest absolute Gasteiger partial charge is 0.355 e. The van der Waals surface area contributed by atoms with Gasteiger partial charge in [-0.2, -0.15) is 0 Å². The molecule has 0 atom stereocenters. The van der Waals surface area contributed by atoms with Gasteiger partial charge in [0.2, 0.25) is 5.91 Å². The number of nitrogens with zero attached hydrogens (tertiary/aromatic N) is 2. The summed E-state index contributed by atoms with van der Waals surface area (Å²) in [5, 5.41) is 11.0. The summed E-state index contributed by atoms with van der Waals surface area (Å²) in [5.74, 6) is -0.00276. The number of nitrogens with one attached hydrogen (secondary N) is 1. The summed E-state index contributed by atoms with van der Waals surface area (Å²) in [5.41, 5.74) is 4.21. The molecular formula is C21H19N3OS3. The lowest BCUT2D eigenvalue weighted by atomic mass is 10.2. The molecule has 28 heavy (non-hydrogen) atoms. The predicted octanol–water partition coefficient (Wildman–Crippen LogP) is 5.20. The quantitative estimate of drug-likeness (QED) is 0.442. The maximum Gasteiger partial charge on any atom is 0.226 e. The Bertz CT molecular complexity index is 1050. The monoisotopic (exact) mass is 425 g/mol. The zero-order chi connectivity index (χ0) is 19.3. The maximum absolute atomic E-state index is 12.2. The van der Waals surface area contributed by atoms with Gasteiger partial charge >= 0.3 is 0 Å². The third-order valence-corrected chi connectivity index (χ3v) is 7.05. The van der Waals surface area contributed by atoms with Crippen molar-refractivity contribution in [3.8, 4) is 20.5 Å². The van der Waals surface area contributed by atoms with Crippen molar-refractivity contribution in [3.63, 3.8) is 0 Å². The Hall–Kier alpha value is -2.35. The van der Waals surface area contributed by atoms with Crippen LogP contribution in [-0.4, -0.2) is 22.4 Å². The molecule has 4 rings (SSSR count). The minimum Gasteiger partial charge on any atom is -0.355 e. The van der Waals surface area contributed by atoms with Gasteiger partial charge in [0, 0.05) is 29.3 Å². The average molecular weight is 426 g/mol. The number of aryl methyl sites for hydroxylation is 1. The standard InChI is InChI=1S/C21H19N3OS3/c1-14-4-6-15(7-5-14)20-23-16(12-27-20)8-9-22-19(25)11-17-13-28-21(24-17)18-3-2-10-26-18/h2-7,10,12-13H,8-9,11H2,1H3,(H,22,25). The molecule has 0 fully saturated rings. The van der Waals surface area contributed by atoms with Crippen LogP contribution < -0.4 is 5.32 Å². The summed E-state index contributed by atoms with van der Waals surface area (Å²) in [6.45, 7) is 2.66. The number of hydrogen-bond donors (Lipinski definition) is 1. The van der Waals surface area contributed by atoms with Crippen molar-refractivity contribution in [3.05, 3.63) is 69.5 Å². The molecule has 0 aliphatic heterocycles. The van der Waals surface area contributed by atoms with E-state index < -0.39 is 0 Å². The molecule has 0 aliphatic carbocycles. The van der Waals surface area contributed by atoms with Crippen LogP contribution in [0.15, 0.2) is 52.5 Å². The Kier molecular flexibility index (Phi) is 5.95. The van der Waals surface area contributed by atoms with Gasteiger partial charge in [0.15, 0.2) is 0 Å². The zero-order valence-electron chi connectivity index (χ0n) is 15.3. The number of amides is 1. The Morgan fingerprint density at radius 1 is 0.964 bits per heavy atom. The zero-order valence-corrected chi connectivity index (χ0v) is 17.8. The number of carbonyl (C=O) groups excluding carboxylic acids is 1. The van der Waals surface area contributed by atoms with Gasteiger partial charge < -0.3 is 5.32 Å². The van der Waals surface area contributed by atoms with Crippen molar-refractivity contribution in [1.29, 1.82) is 0 Å². The normalized spacial score (nSPS) is 10.9. The van der Waals surface area contributed by atoms with E-state index >= 15 is 0 Å². The summed E-state index contributed by atoms with van der Waals surface area (Å²) < 4.78 is 0. The second kappa shape index (κ2) is 8.77. The summed E-state index contributed by atoms with van der Waals surface area (Å²) >= 11 is 4.88. The summed E-state index contributed by atoms with van der Waals surface area (Å²) in [6.07, 6.45) is 1.04. The molecule has 1 amide bonds. The number of thiophene rings is 1. The summed E-state index contributed by atoms with van der Waals surface area (Å²) in [4.78, 5) is 22.6. The van der Waals surface area contributed by atoms with Crippen LogP contribution in [0.25, 0.3) is 20.5 Å². The number of benzene rings is 1. The first kappa shape index (κ1) is 19.0. The Morgan fingerprint density at radius 3 is 2.50 bits per heavy atom. The van der Waals surface area contributed by atoms with Gasteiger partial charge in [0.05, 0.1) is 22.7 Å². The Balaban J connectivity index is 1.26. The highest BCUT2D eigenvalue weighted by atomic mass is 32.1. The lowest BCUT2D eigenvalue weighted by molar-refractivity contribution is -0.120. The fraction of sp³-hybridized carbons (Fsp3) is 0.190. The van der Waals surface area contributed by atoms with Crippen LogP contribution in [0.1, 0.15) is 17.0 Å². The fourth-order valence-corrected chi connectivity index (χ4v) is 5.20. The van der Waals surface area contributed by atoms with E-state index in [2.05, 4.69) is 51.9 Å². The molecule has 0 spiro atoms. The smallest absolute Gasteiger partial charge is 0.226 e. The van der Waals surface area contributed by atoms with Gasteiger partial charge in [-0.15, -0.1) is 34.0 Å². The van der Waals surface area contributed by atoms with E-state index in [0.717, 1.165) is 38.3 Å². The molecule has 1 N–H and O–H groups in total. The minimum atomic E-state index is -0.00276. The van der Waals surface area contributed by atoms with Gasteiger partial charge in [0.1, 0.15) is 10.0 Å². The lowest BCUT2D eigenvalue weighted by Gasteiger charge is -2.02. The molecule has 0 saturated heterocycles. The summed E-state index contributed by atoms with van der Waals surface area (Å²) in [6, 6.07) is 12.4. The molecule has 142 valence electrons. The van der Waals surface area contributed by atoms with E-state index in [4.69, 9.17) is 0 Å². The van der Waals surface area contributed by atoms with E-state index in [-0.39, 0.29) is 5.91 Å². The predicted molar refractivity (Wildman–Crippen MR) is 118 cm³/mol. The first-order chi connectivity index (χ1) is 13.7. The average Bonchev–Trinajstić information content (AvgIpc) is 3.44.